The maximum Gasteiger partial charge on any atom is 0.0850 e. The first-order valence-corrected chi connectivity index (χ1v) is 5.76. The van der Waals surface area contributed by atoms with Crippen molar-refractivity contribution in [3.63, 3.8) is 0 Å². The van der Waals surface area contributed by atoms with Crippen LogP contribution >= 0.6 is 0 Å². The summed E-state index contributed by atoms with van der Waals surface area (Å²) in [5.74, 6) is 0. The largest absolute Gasteiger partial charge is 0.396 e. The van der Waals surface area contributed by atoms with E-state index in [-0.39, 0.29) is 6.61 Å². The smallest absolute Gasteiger partial charge is 0.0850 e. The summed E-state index contributed by atoms with van der Waals surface area (Å²) in [6, 6.07) is 2.05. The van der Waals surface area contributed by atoms with Crippen LogP contribution < -0.4 is 0 Å². The van der Waals surface area contributed by atoms with Crippen molar-refractivity contribution in [3.8, 4) is 0 Å². The summed E-state index contributed by atoms with van der Waals surface area (Å²) in [5.41, 5.74) is 2.94. The lowest BCUT2D eigenvalue weighted by Crippen LogP contribution is -2.08. The Kier molecular flexibility index (Phi) is 3.53. The van der Waals surface area contributed by atoms with E-state index in [1.807, 2.05) is 17.8 Å². The molecule has 0 fully saturated rings. The first kappa shape index (κ1) is 11.8. The lowest BCUT2D eigenvalue weighted by Gasteiger charge is -2.03. The average molecular weight is 235 g/mol. The number of nitrogens with zero attached hydrogens (tertiary/aromatic N) is 5. The van der Waals surface area contributed by atoms with Gasteiger partial charge in [0.05, 0.1) is 23.6 Å². The molecular weight excluding hydrogens is 218 g/mol. The minimum atomic E-state index is 0.102. The number of rotatable bonds is 5. The van der Waals surface area contributed by atoms with Crippen molar-refractivity contribution < 1.29 is 5.11 Å². The second-order valence-electron chi connectivity index (χ2n) is 3.97. The highest BCUT2D eigenvalue weighted by Gasteiger charge is 2.06. The van der Waals surface area contributed by atoms with Crippen molar-refractivity contribution >= 4 is 0 Å². The molecule has 6 nitrogen and oxygen atoms in total. The fraction of sp³-hybridized carbons (Fsp3) is 0.545. The Morgan fingerprint density at radius 2 is 2.24 bits per heavy atom. The van der Waals surface area contributed by atoms with Crippen LogP contribution in [0.4, 0.5) is 0 Å². The van der Waals surface area contributed by atoms with E-state index in [2.05, 4.69) is 28.4 Å². The molecule has 2 rings (SSSR count). The Balaban J connectivity index is 2.13. The van der Waals surface area contributed by atoms with E-state index >= 15 is 0 Å². The van der Waals surface area contributed by atoms with Gasteiger partial charge in [0.25, 0.3) is 0 Å². The van der Waals surface area contributed by atoms with Crippen LogP contribution in [-0.2, 0) is 19.5 Å². The van der Waals surface area contributed by atoms with Gasteiger partial charge in [-0.3, -0.25) is 4.68 Å². The van der Waals surface area contributed by atoms with Gasteiger partial charge in [-0.1, -0.05) is 5.21 Å². The van der Waals surface area contributed by atoms with Gasteiger partial charge in [-0.25, -0.2) is 4.68 Å². The number of hydrogen-bond donors (Lipinski definition) is 1. The van der Waals surface area contributed by atoms with Crippen molar-refractivity contribution in [2.24, 2.45) is 0 Å². The molecule has 92 valence electrons. The first-order chi connectivity index (χ1) is 8.22. The predicted octanol–water partition coefficient (Wildman–Crippen LogP) is 0.386. The van der Waals surface area contributed by atoms with E-state index in [1.54, 1.807) is 4.68 Å². The minimum Gasteiger partial charge on any atom is -0.396 e. The summed E-state index contributed by atoms with van der Waals surface area (Å²) in [6.45, 7) is 5.65. The molecule has 17 heavy (non-hydrogen) atoms. The van der Waals surface area contributed by atoms with Crippen LogP contribution in [0.15, 0.2) is 12.3 Å². The summed E-state index contributed by atoms with van der Waals surface area (Å²) in [5, 5.41) is 21.2. The highest BCUT2D eigenvalue weighted by Crippen LogP contribution is 2.06. The van der Waals surface area contributed by atoms with Crippen molar-refractivity contribution in [2.45, 2.75) is 33.4 Å². The number of aliphatic hydroxyl groups is 1. The molecule has 0 amide bonds. The van der Waals surface area contributed by atoms with Crippen molar-refractivity contribution in [1.29, 1.82) is 0 Å². The van der Waals surface area contributed by atoms with Gasteiger partial charge in [-0.2, -0.15) is 5.10 Å². The molecule has 0 saturated heterocycles. The van der Waals surface area contributed by atoms with Crippen LogP contribution in [0.1, 0.15) is 24.0 Å². The topological polar surface area (TPSA) is 68.8 Å². The second-order valence-corrected chi connectivity index (χ2v) is 3.97. The molecule has 0 aliphatic rings. The Labute approximate surface area is 99.9 Å². The van der Waals surface area contributed by atoms with Gasteiger partial charge in [0.1, 0.15) is 0 Å². The number of aryl methyl sites for hydroxylation is 2. The molecule has 0 bridgehead atoms. The molecule has 0 unspecified atom stereocenters. The zero-order chi connectivity index (χ0) is 12.3. The van der Waals surface area contributed by atoms with Crippen molar-refractivity contribution in [1.82, 2.24) is 24.8 Å². The van der Waals surface area contributed by atoms with Gasteiger partial charge >= 0.3 is 0 Å². The van der Waals surface area contributed by atoms with E-state index in [0.717, 1.165) is 23.6 Å². The van der Waals surface area contributed by atoms with E-state index in [9.17, 15) is 0 Å². The maximum atomic E-state index is 8.81. The molecule has 0 aromatic carbocycles. The molecular formula is C11H17N5O. The molecule has 1 N–H and O–H groups in total. The van der Waals surface area contributed by atoms with Gasteiger partial charge in [-0.15, -0.1) is 5.10 Å². The first-order valence-electron chi connectivity index (χ1n) is 5.76. The van der Waals surface area contributed by atoms with Gasteiger partial charge in [-0.05, 0) is 19.9 Å². The highest BCUT2D eigenvalue weighted by atomic mass is 16.3. The molecule has 2 heterocycles. The van der Waals surface area contributed by atoms with Crippen LogP contribution in [0.3, 0.4) is 0 Å². The van der Waals surface area contributed by atoms with Gasteiger partial charge in [0, 0.05) is 25.8 Å². The third kappa shape index (κ3) is 2.71. The van der Waals surface area contributed by atoms with Gasteiger partial charge in [0.15, 0.2) is 0 Å². The number of aliphatic hydroxyl groups excluding tert-OH is 1. The summed E-state index contributed by atoms with van der Waals surface area (Å²) >= 11 is 0. The summed E-state index contributed by atoms with van der Waals surface area (Å²) < 4.78 is 3.73. The van der Waals surface area contributed by atoms with Crippen molar-refractivity contribution in [3.05, 3.63) is 29.3 Å². The lowest BCUT2D eigenvalue weighted by atomic mass is 10.3. The average Bonchev–Trinajstić information content (AvgIpc) is 2.87. The molecule has 2 aromatic heterocycles. The van der Waals surface area contributed by atoms with E-state index in [4.69, 9.17) is 5.11 Å². The quantitative estimate of drug-likeness (QED) is 0.813. The Morgan fingerprint density at radius 3 is 2.94 bits per heavy atom. The van der Waals surface area contributed by atoms with Gasteiger partial charge < -0.3 is 5.11 Å². The fourth-order valence-corrected chi connectivity index (χ4v) is 1.81. The zero-order valence-corrected chi connectivity index (χ0v) is 10.2. The summed E-state index contributed by atoms with van der Waals surface area (Å²) in [6.07, 6.45) is 2.41. The zero-order valence-electron chi connectivity index (χ0n) is 10.2. The van der Waals surface area contributed by atoms with Crippen LogP contribution in [0, 0.1) is 6.92 Å². The van der Waals surface area contributed by atoms with Crippen LogP contribution in [-0.4, -0.2) is 36.5 Å². The number of aromatic nitrogens is 5. The van der Waals surface area contributed by atoms with E-state index in [1.165, 1.54) is 0 Å². The molecule has 0 radical (unpaired) electrons. The minimum absolute atomic E-state index is 0.102. The van der Waals surface area contributed by atoms with E-state index in [0.29, 0.717) is 13.0 Å². The Hall–Kier alpha value is -1.69. The Bertz CT molecular complexity index is 488. The molecule has 0 atom stereocenters. The van der Waals surface area contributed by atoms with Gasteiger partial charge in [0.2, 0.25) is 0 Å². The van der Waals surface area contributed by atoms with Crippen LogP contribution in [0.25, 0.3) is 0 Å². The fourth-order valence-electron chi connectivity index (χ4n) is 1.81. The molecule has 6 heteroatoms. The molecule has 0 saturated carbocycles. The molecule has 0 spiro atoms. The third-order valence-electron chi connectivity index (χ3n) is 2.56. The molecule has 0 aliphatic carbocycles. The maximum absolute atomic E-state index is 8.81. The SMILES string of the molecule is CCn1nc(C)cc1Cn1cc(CCO)nn1. The van der Waals surface area contributed by atoms with Crippen LogP contribution in [0.5, 0.6) is 0 Å². The highest BCUT2D eigenvalue weighted by molar-refractivity contribution is 5.09. The predicted molar refractivity (Wildman–Crippen MR) is 62.6 cm³/mol. The summed E-state index contributed by atoms with van der Waals surface area (Å²) in [4.78, 5) is 0. The summed E-state index contributed by atoms with van der Waals surface area (Å²) in [7, 11) is 0. The standard InChI is InChI=1S/C11H17N5O/c1-3-16-11(6-9(2)13-16)8-15-7-10(4-5-17)12-14-15/h6-7,17H,3-5,8H2,1-2H3. The normalized spacial score (nSPS) is 11.0. The van der Waals surface area contributed by atoms with Crippen molar-refractivity contribution in [2.75, 3.05) is 6.61 Å². The monoisotopic (exact) mass is 235 g/mol. The molecule has 2 aromatic rings. The Morgan fingerprint density at radius 1 is 1.41 bits per heavy atom. The number of hydrogen-bond acceptors (Lipinski definition) is 4. The molecule has 0 aliphatic heterocycles. The van der Waals surface area contributed by atoms with E-state index < -0.39 is 0 Å². The van der Waals surface area contributed by atoms with Crippen LogP contribution in [0.2, 0.25) is 0 Å². The second kappa shape index (κ2) is 5.09. The third-order valence-corrected chi connectivity index (χ3v) is 2.56. The lowest BCUT2D eigenvalue weighted by molar-refractivity contribution is 0.298.